The molecule has 0 fully saturated rings. The van der Waals surface area contributed by atoms with Crippen LogP contribution in [0.4, 0.5) is 0 Å². The Morgan fingerprint density at radius 2 is 1.04 bits per heavy atom. The number of nitrogens with zero attached hydrogens (tertiary/aromatic N) is 3. The van der Waals surface area contributed by atoms with Gasteiger partial charge in [0.1, 0.15) is 11.5 Å². The van der Waals surface area contributed by atoms with Crippen LogP contribution in [0.15, 0.2) is 103 Å². The number of aliphatic hydroxyl groups is 1. The van der Waals surface area contributed by atoms with Crippen LogP contribution in [0, 0.1) is 0 Å². The largest absolute Gasteiger partial charge is 0.497 e. The van der Waals surface area contributed by atoms with Crippen LogP contribution in [-0.2, 0) is 36.5 Å². The number of nitrogens with one attached hydrogen (secondary N) is 3. The summed E-state index contributed by atoms with van der Waals surface area (Å²) < 4.78 is 14.6. The van der Waals surface area contributed by atoms with Crippen molar-refractivity contribution in [3.8, 4) is 11.5 Å². The highest BCUT2D eigenvalue weighted by Gasteiger charge is 2.41. The molecule has 74 heavy (non-hydrogen) atoms. The van der Waals surface area contributed by atoms with E-state index in [4.69, 9.17) is 20.9 Å². The molecule has 0 bridgehead atoms. The number of aliphatic hydroxyl groups excluding tert-OH is 1. The summed E-state index contributed by atoms with van der Waals surface area (Å²) in [5.41, 5.74) is 19.2. The fourth-order valence-electron chi connectivity index (χ4n) is 11.5. The lowest BCUT2D eigenvalue weighted by molar-refractivity contribution is -0.118. The van der Waals surface area contributed by atoms with Crippen molar-refractivity contribution >= 4 is 122 Å². The molecule has 6 heterocycles. The van der Waals surface area contributed by atoms with E-state index in [-0.39, 0.29) is 25.8 Å². The number of nitrogens with two attached hydrogens (primary N) is 2. The first-order valence-electron chi connectivity index (χ1n) is 23.8. The van der Waals surface area contributed by atoms with Crippen molar-refractivity contribution in [2.75, 3.05) is 20.8 Å². The molecule has 13 rings (SSSR count). The number of methoxy groups -OCH3 is 2. The molecule has 6 amide bonds. The van der Waals surface area contributed by atoms with Crippen LogP contribution in [0.1, 0.15) is 70.6 Å². The molecule has 4 aromatic heterocycles. The number of primary amides is 2. The minimum absolute atomic E-state index is 0.0272. The summed E-state index contributed by atoms with van der Waals surface area (Å²) in [6, 6.07) is 27.9. The number of ether oxygens (including phenoxy) is 2. The van der Waals surface area contributed by atoms with Crippen LogP contribution < -0.4 is 26.3 Å². The molecule has 7 aromatic carbocycles. The topological polar surface area (TPSA) is 250 Å². The molecule has 2 aliphatic heterocycles. The van der Waals surface area contributed by atoms with E-state index in [0.29, 0.717) is 60.8 Å². The molecular formula is C57H46N8O9. The number of carbonyl (C=O) groups is 6. The van der Waals surface area contributed by atoms with Gasteiger partial charge in [-0.3, -0.25) is 39.0 Å². The molecule has 17 heteroatoms. The number of aromatic amines is 2. The highest BCUT2D eigenvalue weighted by molar-refractivity contribution is 6.41. The highest BCUT2D eigenvalue weighted by atomic mass is 16.5. The minimum atomic E-state index is -0.830. The standard InChI is InChI=1S/C33H28N4O5.C24H18N4O4/c1-36-12-10-20-18(15-25(34)39)14-22-27(31(20)36)29-28(26-21-9-8-19(42-2)16-23(21)35-30(22)26)32(40)37(33(29)41)13-11-24(38)17-6-4-3-5-7-17;1-28-6-5-12-10(8-16(25)29)7-14-18(22(12)28)20-19(23(30)27-24(20)31)17-13-4-3-11(32-2)9-15(13)26-21(14)17/h3-10,12,14,16,24,35,38H,11,13,15H2,1-2H3,(H2,34,39);3-7,9,26H,8H2,1-2H3,(H2,25,29)(H,27,30,31). The third kappa shape index (κ3) is 6.73. The summed E-state index contributed by atoms with van der Waals surface area (Å²) >= 11 is 0. The van der Waals surface area contributed by atoms with Crippen molar-refractivity contribution in [2.24, 2.45) is 25.6 Å². The SMILES string of the molecule is COc1ccc2c(c1)[nH]c1c3cc(CC(N)=O)c4ccn(C)c4c3c3c(c21)C(=O)N(CCC(O)c1ccccc1)C3=O.COc1ccc2c(c1)[nH]c1c3cc(CC(N)=O)c4ccn(C)c4c3c3c(c21)C(=O)NC3=O. The number of rotatable bonds is 10. The summed E-state index contributed by atoms with van der Waals surface area (Å²) in [5, 5.41) is 20.6. The number of benzene rings is 7. The maximum atomic E-state index is 14.2. The predicted octanol–water partition coefficient (Wildman–Crippen LogP) is 7.61. The Hall–Kier alpha value is -9.48. The van der Waals surface area contributed by atoms with E-state index in [9.17, 15) is 33.9 Å². The van der Waals surface area contributed by atoms with E-state index >= 15 is 0 Å². The smallest absolute Gasteiger partial charge is 0.262 e. The van der Waals surface area contributed by atoms with E-state index in [2.05, 4.69) is 15.3 Å². The van der Waals surface area contributed by atoms with E-state index in [1.165, 1.54) is 4.90 Å². The van der Waals surface area contributed by atoms with Crippen LogP contribution in [0.5, 0.6) is 11.5 Å². The van der Waals surface area contributed by atoms with Gasteiger partial charge in [-0.05, 0) is 71.6 Å². The van der Waals surface area contributed by atoms with Crippen molar-refractivity contribution in [3.63, 3.8) is 0 Å². The zero-order valence-corrected chi connectivity index (χ0v) is 40.4. The van der Waals surface area contributed by atoms with Crippen LogP contribution in [-0.4, -0.2) is 85.3 Å². The fraction of sp³-hybridized carbons (Fsp3) is 0.158. The van der Waals surface area contributed by atoms with Gasteiger partial charge in [0, 0.05) is 99.0 Å². The molecule has 0 saturated heterocycles. The van der Waals surface area contributed by atoms with Crippen LogP contribution in [0.3, 0.4) is 0 Å². The van der Waals surface area contributed by atoms with Gasteiger partial charge in [-0.2, -0.15) is 0 Å². The minimum Gasteiger partial charge on any atom is -0.497 e. The number of aromatic nitrogens is 4. The number of amides is 6. The first-order chi connectivity index (χ1) is 35.7. The third-order valence-corrected chi connectivity index (χ3v) is 14.7. The summed E-state index contributed by atoms with van der Waals surface area (Å²) in [4.78, 5) is 86.3. The predicted molar refractivity (Wildman–Crippen MR) is 282 cm³/mol. The Morgan fingerprint density at radius 3 is 1.53 bits per heavy atom. The maximum Gasteiger partial charge on any atom is 0.262 e. The third-order valence-electron chi connectivity index (χ3n) is 14.7. The van der Waals surface area contributed by atoms with Crippen molar-refractivity contribution in [3.05, 3.63) is 142 Å². The number of hydrogen-bond donors (Lipinski definition) is 6. The van der Waals surface area contributed by atoms with Gasteiger partial charge in [0.15, 0.2) is 0 Å². The second kappa shape index (κ2) is 16.8. The van der Waals surface area contributed by atoms with Crippen molar-refractivity contribution in [2.45, 2.75) is 25.4 Å². The van der Waals surface area contributed by atoms with Gasteiger partial charge >= 0.3 is 0 Å². The lowest BCUT2D eigenvalue weighted by Gasteiger charge is -2.17. The van der Waals surface area contributed by atoms with Gasteiger partial charge < -0.3 is 45.1 Å². The number of aryl methyl sites for hydroxylation is 2. The quantitative estimate of drug-likeness (QED) is 0.0737. The first-order valence-corrected chi connectivity index (χ1v) is 23.8. The molecule has 17 nitrogen and oxygen atoms in total. The van der Waals surface area contributed by atoms with Crippen molar-refractivity contribution in [1.82, 2.24) is 29.3 Å². The second-order valence-electron chi connectivity index (χ2n) is 18.9. The van der Waals surface area contributed by atoms with Gasteiger partial charge in [-0.1, -0.05) is 30.3 Å². The van der Waals surface area contributed by atoms with E-state index < -0.39 is 41.5 Å². The average Bonchev–Trinajstić information content (AvgIpc) is 4.25. The van der Waals surface area contributed by atoms with Crippen LogP contribution in [0.2, 0.25) is 0 Å². The summed E-state index contributed by atoms with van der Waals surface area (Å²) in [6.45, 7) is 0.0532. The van der Waals surface area contributed by atoms with Crippen LogP contribution >= 0.6 is 0 Å². The first kappa shape index (κ1) is 45.6. The Bertz CT molecular complexity index is 4350. The lowest BCUT2D eigenvalue weighted by Crippen LogP contribution is -2.31. The average molecular weight is 987 g/mol. The fourth-order valence-corrected chi connectivity index (χ4v) is 11.5. The molecule has 368 valence electrons. The number of fused-ring (bicyclic) bond motifs is 20. The molecule has 11 aromatic rings. The lowest BCUT2D eigenvalue weighted by atomic mass is 9.91. The molecule has 1 atom stereocenters. The monoisotopic (exact) mass is 986 g/mol. The maximum absolute atomic E-state index is 14.2. The molecule has 1 unspecified atom stereocenters. The molecule has 2 aliphatic rings. The summed E-state index contributed by atoms with van der Waals surface area (Å²) in [7, 11) is 6.92. The summed E-state index contributed by atoms with van der Waals surface area (Å²) in [6.07, 6.45) is 3.20. The van der Waals surface area contributed by atoms with Crippen molar-refractivity contribution in [1.29, 1.82) is 0 Å². The van der Waals surface area contributed by atoms with Gasteiger partial charge in [0.05, 0.1) is 88.5 Å². The molecule has 0 saturated carbocycles. The highest BCUT2D eigenvalue weighted by Crippen LogP contribution is 2.47. The van der Waals surface area contributed by atoms with Crippen molar-refractivity contribution < 1.29 is 43.3 Å². The molecule has 0 spiro atoms. The molecular weight excluding hydrogens is 941 g/mol. The zero-order valence-electron chi connectivity index (χ0n) is 40.4. The Balaban J connectivity index is 0.000000156. The molecule has 8 N–H and O–H groups in total. The molecule has 0 radical (unpaired) electrons. The van der Waals surface area contributed by atoms with Crippen LogP contribution in [0.25, 0.3) is 87.0 Å². The van der Waals surface area contributed by atoms with E-state index in [1.807, 2.05) is 127 Å². The van der Waals surface area contributed by atoms with E-state index in [1.54, 1.807) is 14.2 Å². The second-order valence-corrected chi connectivity index (χ2v) is 18.9. The van der Waals surface area contributed by atoms with Gasteiger partial charge in [0.25, 0.3) is 23.6 Å². The normalized spacial score (nSPS) is 13.8. The number of carbonyl (C=O) groups excluding carboxylic acids is 6. The van der Waals surface area contributed by atoms with Gasteiger partial charge in [-0.25, -0.2) is 0 Å². The summed E-state index contributed by atoms with van der Waals surface area (Å²) in [5.74, 6) is -1.24. The Morgan fingerprint density at radius 1 is 0.581 bits per heavy atom. The number of H-pyrrole nitrogens is 2. The number of hydrogen-bond acceptors (Lipinski definition) is 9. The Labute approximate surface area is 419 Å². The Kier molecular flexibility index (Phi) is 10.4. The zero-order chi connectivity index (χ0) is 51.6. The molecule has 0 aliphatic carbocycles. The number of imide groups is 2. The van der Waals surface area contributed by atoms with E-state index in [0.717, 1.165) is 76.6 Å². The van der Waals surface area contributed by atoms with Gasteiger partial charge in [0.2, 0.25) is 11.8 Å². The van der Waals surface area contributed by atoms with Gasteiger partial charge in [-0.15, -0.1) is 0 Å².